The van der Waals surface area contributed by atoms with Crippen LogP contribution in [0.1, 0.15) is 30.1 Å². The number of halogens is 1. The number of anilines is 1. The third kappa shape index (κ3) is 6.34. The molecule has 9 heteroatoms. The third-order valence-corrected chi connectivity index (χ3v) is 5.09. The van der Waals surface area contributed by atoms with E-state index < -0.39 is 21.7 Å². The summed E-state index contributed by atoms with van der Waals surface area (Å²) in [6, 6.07) is 10.4. The van der Waals surface area contributed by atoms with Crippen molar-refractivity contribution in [2.24, 2.45) is 0 Å². The molecule has 3 N–H and O–H groups in total. The van der Waals surface area contributed by atoms with E-state index in [1.807, 2.05) is 6.92 Å². The number of rotatable bonds is 9. The maximum absolute atomic E-state index is 13.0. The van der Waals surface area contributed by atoms with E-state index in [2.05, 4.69) is 15.4 Å². The first kappa shape index (κ1) is 21.4. The molecule has 150 valence electrons. The first-order valence-electron chi connectivity index (χ1n) is 8.75. The van der Waals surface area contributed by atoms with Crippen molar-refractivity contribution in [3.63, 3.8) is 0 Å². The van der Waals surface area contributed by atoms with Gasteiger partial charge in [0.15, 0.2) is 0 Å². The van der Waals surface area contributed by atoms with Gasteiger partial charge in [-0.3, -0.25) is 14.3 Å². The standard InChI is InChI=1S/C19H22FN3O4S/c1-2-11-21-18(24)10-12-22-19(25)14-4-3-5-17(13-14)28(26,27)23-16-8-6-15(20)7-9-16/h3-9,13,23H,2,10-12H2,1H3,(H,21,24)(H,22,25). The highest BCUT2D eigenvalue weighted by Crippen LogP contribution is 2.17. The minimum Gasteiger partial charge on any atom is -0.356 e. The first-order valence-corrected chi connectivity index (χ1v) is 10.2. The summed E-state index contributed by atoms with van der Waals surface area (Å²) in [4.78, 5) is 23.6. The molecule has 0 aliphatic carbocycles. The lowest BCUT2D eigenvalue weighted by molar-refractivity contribution is -0.120. The van der Waals surface area contributed by atoms with Gasteiger partial charge in [-0.25, -0.2) is 12.8 Å². The molecular weight excluding hydrogens is 385 g/mol. The summed E-state index contributed by atoms with van der Waals surface area (Å²) in [5.74, 6) is -1.13. The molecule has 2 aromatic rings. The van der Waals surface area contributed by atoms with Crippen molar-refractivity contribution in [2.45, 2.75) is 24.7 Å². The van der Waals surface area contributed by atoms with Gasteiger partial charge in [-0.2, -0.15) is 0 Å². The van der Waals surface area contributed by atoms with E-state index >= 15 is 0 Å². The third-order valence-electron chi connectivity index (χ3n) is 3.71. The predicted molar refractivity (Wildman–Crippen MR) is 104 cm³/mol. The Hall–Kier alpha value is -2.94. The number of sulfonamides is 1. The second-order valence-electron chi connectivity index (χ2n) is 6.00. The largest absolute Gasteiger partial charge is 0.356 e. The average Bonchev–Trinajstić information content (AvgIpc) is 2.68. The predicted octanol–water partition coefficient (Wildman–Crippen LogP) is 2.27. The molecule has 0 aliphatic heterocycles. The highest BCUT2D eigenvalue weighted by Gasteiger charge is 2.16. The molecule has 0 bridgehead atoms. The molecule has 0 spiro atoms. The van der Waals surface area contributed by atoms with E-state index in [4.69, 9.17) is 0 Å². The van der Waals surface area contributed by atoms with Gasteiger partial charge in [0.25, 0.3) is 15.9 Å². The van der Waals surface area contributed by atoms with E-state index in [0.717, 1.165) is 18.6 Å². The maximum Gasteiger partial charge on any atom is 0.261 e. The smallest absolute Gasteiger partial charge is 0.261 e. The number of amides is 2. The van der Waals surface area contributed by atoms with Crippen LogP contribution in [0.25, 0.3) is 0 Å². The molecule has 0 saturated heterocycles. The normalized spacial score (nSPS) is 10.9. The molecular formula is C19H22FN3O4S. The van der Waals surface area contributed by atoms with Gasteiger partial charge in [0, 0.05) is 30.8 Å². The van der Waals surface area contributed by atoms with Crippen molar-refractivity contribution in [3.8, 4) is 0 Å². The Morgan fingerprint density at radius 3 is 2.39 bits per heavy atom. The van der Waals surface area contributed by atoms with Gasteiger partial charge in [0.2, 0.25) is 5.91 Å². The molecule has 0 atom stereocenters. The van der Waals surface area contributed by atoms with E-state index in [-0.39, 0.29) is 35.0 Å². The Morgan fingerprint density at radius 1 is 1.00 bits per heavy atom. The van der Waals surface area contributed by atoms with E-state index in [9.17, 15) is 22.4 Å². The molecule has 0 unspecified atom stereocenters. The number of benzene rings is 2. The van der Waals surface area contributed by atoms with Crippen LogP contribution >= 0.6 is 0 Å². The zero-order valence-corrected chi connectivity index (χ0v) is 16.2. The molecule has 0 fully saturated rings. The Balaban J connectivity index is 2.01. The van der Waals surface area contributed by atoms with Gasteiger partial charge < -0.3 is 10.6 Å². The fourth-order valence-corrected chi connectivity index (χ4v) is 3.39. The van der Waals surface area contributed by atoms with Crippen LogP contribution in [0.4, 0.5) is 10.1 Å². The zero-order chi connectivity index (χ0) is 20.6. The van der Waals surface area contributed by atoms with Crippen molar-refractivity contribution < 1.29 is 22.4 Å². The van der Waals surface area contributed by atoms with E-state index in [1.54, 1.807) is 0 Å². The molecule has 2 amide bonds. The summed E-state index contributed by atoms with van der Waals surface area (Å²) in [7, 11) is -3.94. The van der Waals surface area contributed by atoms with E-state index in [0.29, 0.717) is 6.54 Å². The van der Waals surface area contributed by atoms with Crippen LogP contribution in [0.2, 0.25) is 0 Å². The van der Waals surface area contributed by atoms with Crippen molar-refractivity contribution in [2.75, 3.05) is 17.8 Å². The van der Waals surface area contributed by atoms with Crippen LogP contribution in [0.15, 0.2) is 53.4 Å². The molecule has 7 nitrogen and oxygen atoms in total. The molecule has 2 rings (SSSR count). The fourth-order valence-electron chi connectivity index (χ4n) is 2.28. The van der Waals surface area contributed by atoms with Gasteiger partial charge in [0.05, 0.1) is 4.90 Å². The summed E-state index contributed by atoms with van der Waals surface area (Å²) in [6.07, 6.45) is 0.959. The van der Waals surface area contributed by atoms with Gasteiger partial charge in [-0.15, -0.1) is 0 Å². The van der Waals surface area contributed by atoms with E-state index in [1.165, 1.54) is 36.4 Å². The minimum absolute atomic E-state index is 0.106. The summed E-state index contributed by atoms with van der Waals surface area (Å²) in [5, 5.41) is 5.28. The molecule has 0 aromatic heterocycles. The average molecular weight is 407 g/mol. The highest BCUT2D eigenvalue weighted by molar-refractivity contribution is 7.92. The summed E-state index contributed by atoms with van der Waals surface area (Å²) in [5.41, 5.74) is 0.352. The van der Waals surface area contributed by atoms with Gasteiger partial charge in [-0.1, -0.05) is 13.0 Å². The van der Waals surface area contributed by atoms with Crippen molar-refractivity contribution >= 4 is 27.5 Å². The highest BCUT2D eigenvalue weighted by atomic mass is 32.2. The Morgan fingerprint density at radius 2 is 1.71 bits per heavy atom. The fraction of sp³-hybridized carbons (Fsp3) is 0.263. The van der Waals surface area contributed by atoms with Crippen LogP contribution in [-0.4, -0.2) is 33.3 Å². The molecule has 0 saturated carbocycles. The Bertz CT molecular complexity index is 930. The van der Waals surface area contributed by atoms with Gasteiger partial charge in [0.1, 0.15) is 5.82 Å². The molecule has 2 aromatic carbocycles. The lowest BCUT2D eigenvalue weighted by atomic mass is 10.2. The minimum atomic E-state index is -3.94. The number of hydrogen-bond donors (Lipinski definition) is 3. The Kier molecular flexibility index (Phi) is 7.51. The maximum atomic E-state index is 13.0. The van der Waals surface area contributed by atoms with Crippen LogP contribution in [0.5, 0.6) is 0 Å². The number of hydrogen-bond acceptors (Lipinski definition) is 4. The molecule has 0 radical (unpaired) electrons. The second kappa shape index (κ2) is 9.84. The van der Waals surface area contributed by atoms with Crippen molar-refractivity contribution in [3.05, 3.63) is 59.9 Å². The lowest BCUT2D eigenvalue weighted by Crippen LogP contribution is -2.31. The SMILES string of the molecule is CCCNC(=O)CCNC(=O)c1cccc(S(=O)(=O)Nc2ccc(F)cc2)c1. The summed E-state index contributed by atoms with van der Waals surface area (Å²) in [6.45, 7) is 2.65. The summed E-state index contributed by atoms with van der Waals surface area (Å²) >= 11 is 0. The van der Waals surface area contributed by atoms with Crippen molar-refractivity contribution in [1.29, 1.82) is 0 Å². The van der Waals surface area contributed by atoms with Crippen molar-refractivity contribution in [1.82, 2.24) is 10.6 Å². The van der Waals surface area contributed by atoms with Gasteiger partial charge >= 0.3 is 0 Å². The Labute approximate surface area is 163 Å². The van der Waals surface area contributed by atoms with Crippen LogP contribution in [-0.2, 0) is 14.8 Å². The molecule has 28 heavy (non-hydrogen) atoms. The topological polar surface area (TPSA) is 104 Å². The van der Waals surface area contributed by atoms with Gasteiger partial charge in [-0.05, 0) is 48.9 Å². The lowest BCUT2D eigenvalue weighted by Gasteiger charge is -2.10. The molecule has 0 aliphatic rings. The number of carbonyl (C=O) groups excluding carboxylic acids is 2. The zero-order valence-electron chi connectivity index (χ0n) is 15.4. The number of carbonyl (C=O) groups is 2. The molecule has 0 heterocycles. The van der Waals surface area contributed by atoms with Crippen LogP contribution in [0, 0.1) is 5.82 Å². The summed E-state index contributed by atoms with van der Waals surface area (Å²) < 4.78 is 40.2. The number of nitrogens with one attached hydrogen (secondary N) is 3. The quantitative estimate of drug-likeness (QED) is 0.593. The monoisotopic (exact) mass is 407 g/mol. The second-order valence-corrected chi connectivity index (χ2v) is 7.68. The van der Waals surface area contributed by atoms with Crippen LogP contribution < -0.4 is 15.4 Å². The first-order chi connectivity index (χ1) is 13.3. The van der Waals surface area contributed by atoms with Crippen LogP contribution in [0.3, 0.4) is 0 Å².